The maximum Gasteiger partial charge on any atom is 0.408 e. The van der Waals surface area contributed by atoms with Crippen LogP contribution in [-0.4, -0.2) is 60.1 Å². The number of nitrogens with zero attached hydrogens (tertiary/aromatic N) is 3. The van der Waals surface area contributed by atoms with Gasteiger partial charge in [0.2, 0.25) is 5.91 Å². The lowest BCUT2D eigenvalue weighted by atomic mass is 9.81. The molecule has 1 saturated heterocycles. The fourth-order valence-corrected chi connectivity index (χ4v) is 5.40. The normalized spacial score (nSPS) is 20.6. The summed E-state index contributed by atoms with van der Waals surface area (Å²) in [4.78, 5) is 45.9. The van der Waals surface area contributed by atoms with Crippen LogP contribution < -0.4 is 20.7 Å². The minimum atomic E-state index is -4.70. The van der Waals surface area contributed by atoms with Gasteiger partial charge in [-0.3, -0.25) is 14.5 Å². The lowest BCUT2D eigenvalue weighted by Gasteiger charge is -2.46. The van der Waals surface area contributed by atoms with E-state index in [1.54, 1.807) is 36.4 Å². The standard InChI is InChI=1S/C27H32F3N5O4/c1-34(18-8-10-19(39-2)11-9-18)25(37)22-20(14-16-12-13-32-21(31)15-16)24(36)35(22)26(38)33-23(27(28,29)30)17-6-4-3-5-7-17/h8-13,15,17,20,22-23H,3-7,14H2,1-2H3,(H2,31,32)(H,33,38)/t20?,22-,23-/m0/s1. The quantitative estimate of drug-likeness (QED) is 0.508. The van der Waals surface area contributed by atoms with Crippen molar-refractivity contribution >= 4 is 29.4 Å². The van der Waals surface area contributed by atoms with Gasteiger partial charge in [-0.05, 0) is 67.1 Å². The van der Waals surface area contributed by atoms with E-state index in [4.69, 9.17) is 10.5 Å². The van der Waals surface area contributed by atoms with Gasteiger partial charge in [0.25, 0.3) is 5.91 Å². The number of benzene rings is 1. The number of aromatic nitrogens is 1. The summed E-state index contributed by atoms with van der Waals surface area (Å²) in [5.41, 5.74) is 6.82. The number of hydrogen-bond donors (Lipinski definition) is 2. The van der Waals surface area contributed by atoms with Gasteiger partial charge in [0, 0.05) is 18.9 Å². The van der Waals surface area contributed by atoms with E-state index in [-0.39, 0.29) is 12.2 Å². The first-order chi connectivity index (χ1) is 18.5. The highest BCUT2D eigenvalue weighted by Gasteiger charge is 2.56. The van der Waals surface area contributed by atoms with Crippen molar-refractivity contribution in [3.8, 4) is 5.75 Å². The number of nitrogens with two attached hydrogens (primary N) is 1. The Bertz CT molecular complexity index is 1200. The fourth-order valence-electron chi connectivity index (χ4n) is 5.40. The number of ether oxygens (including phenoxy) is 1. The summed E-state index contributed by atoms with van der Waals surface area (Å²) in [6.45, 7) is 0. The zero-order valence-corrected chi connectivity index (χ0v) is 21.8. The molecule has 3 atom stereocenters. The van der Waals surface area contributed by atoms with Gasteiger partial charge in [-0.25, -0.2) is 9.78 Å². The van der Waals surface area contributed by atoms with Gasteiger partial charge in [0.1, 0.15) is 23.7 Å². The Morgan fingerprint density at radius 2 is 1.85 bits per heavy atom. The molecular weight excluding hydrogens is 515 g/mol. The Balaban J connectivity index is 1.60. The summed E-state index contributed by atoms with van der Waals surface area (Å²) in [7, 11) is 2.98. The maximum atomic E-state index is 14.0. The minimum absolute atomic E-state index is 0.0630. The molecule has 2 aliphatic rings. The highest BCUT2D eigenvalue weighted by Crippen LogP contribution is 2.37. The number of carbonyl (C=O) groups is 3. The Morgan fingerprint density at radius 1 is 1.18 bits per heavy atom. The number of hydrogen-bond acceptors (Lipinski definition) is 6. The van der Waals surface area contributed by atoms with Gasteiger partial charge in [0.05, 0.1) is 13.0 Å². The van der Waals surface area contributed by atoms with Crippen molar-refractivity contribution in [3.05, 3.63) is 48.2 Å². The summed E-state index contributed by atoms with van der Waals surface area (Å²) in [6.07, 6.45) is -0.403. The third-order valence-electron chi connectivity index (χ3n) is 7.53. The lowest BCUT2D eigenvalue weighted by molar-refractivity contribution is -0.170. The van der Waals surface area contributed by atoms with Gasteiger partial charge in [-0.15, -0.1) is 0 Å². The Labute approximate surface area is 224 Å². The topological polar surface area (TPSA) is 118 Å². The smallest absolute Gasteiger partial charge is 0.408 e. The molecule has 9 nitrogen and oxygen atoms in total. The summed E-state index contributed by atoms with van der Waals surface area (Å²) in [5, 5.41) is 2.06. The molecule has 3 N–H and O–H groups in total. The molecule has 1 aliphatic carbocycles. The summed E-state index contributed by atoms with van der Waals surface area (Å²) in [6, 6.07) is 5.09. The van der Waals surface area contributed by atoms with Crippen molar-refractivity contribution in [2.45, 2.75) is 56.8 Å². The second kappa shape index (κ2) is 11.5. The van der Waals surface area contributed by atoms with E-state index >= 15 is 0 Å². The average molecular weight is 548 g/mol. The van der Waals surface area contributed by atoms with E-state index in [0.717, 1.165) is 6.42 Å². The van der Waals surface area contributed by atoms with Crippen LogP contribution in [0.4, 0.5) is 29.5 Å². The van der Waals surface area contributed by atoms with Crippen molar-refractivity contribution in [3.63, 3.8) is 0 Å². The number of rotatable bonds is 7. The van der Waals surface area contributed by atoms with E-state index in [9.17, 15) is 27.6 Å². The molecule has 0 bridgehead atoms. The first-order valence-corrected chi connectivity index (χ1v) is 12.8. The van der Waals surface area contributed by atoms with Crippen LogP contribution in [0, 0.1) is 11.8 Å². The van der Waals surface area contributed by atoms with Crippen LogP contribution in [0.1, 0.15) is 37.7 Å². The number of likely N-dealkylation sites (N-methyl/N-ethyl adjacent to an activating group) is 1. The van der Waals surface area contributed by atoms with Crippen LogP contribution in [-0.2, 0) is 16.0 Å². The van der Waals surface area contributed by atoms with Crippen LogP contribution in [0.3, 0.4) is 0 Å². The molecule has 1 aromatic carbocycles. The number of β-lactam (4-membered cyclic amide) rings is 1. The van der Waals surface area contributed by atoms with Crippen LogP contribution in [0.15, 0.2) is 42.6 Å². The van der Waals surface area contributed by atoms with Gasteiger partial charge < -0.3 is 20.7 Å². The van der Waals surface area contributed by atoms with Gasteiger partial charge in [-0.2, -0.15) is 13.2 Å². The predicted octanol–water partition coefficient (Wildman–Crippen LogP) is 3.93. The second-order valence-electron chi connectivity index (χ2n) is 10.0. The molecule has 2 fully saturated rings. The molecule has 0 spiro atoms. The number of nitrogen functional groups attached to an aromatic ring is 1. The number of urea groups is 1. The molecule has 1 unspecified atom stereocenters. The van der Waals surface area contributed by atoms with Crippen molar-refractivity contribution < 1.29 is 32.3 Å². The maximum absolute atomic E-state index is 14.0. The van der Waals surface area contributed by atoms with Crippen molar-refractivity contribution in [2.75, 3.05) is 24.8 Å². The number of methoxy groups -OCH3 is 1. The number of amides is 4. The number of pyridine rings is 1. The van der Waals surface area contributed by atoms with Crippen LogP contribution in [0.2, 0.25) is 0 Å². The fraction of sp³-hybridized carbons (Fsp3) is 0.481. The first-order valence-electron chi connectivity index (χ1n) is 12.8. The molecule has 2 aromatic rings. The van der Waals surface area contributed by atoms with Crippen molar-refractivity contribution in [1.29, 1.82) is 0 Å². The van der Waals surface area contributed by atoms with Crippen LogP contribution in [0.25, 0.3) is 0 Å². The van der Waals surface area contributed by atoms with Crippen LogP contribution in [0.5, 0.6) is 5.75 Å². The summed E-state index contributed by atoms with van der Waals surface area (Å²) >= 11 is 0. The minimum Gasteiger partial charge on any atom is -0.497 e. The number of carbonyl (C=O) groups excluding carboxylic acids is 3. The van der Waals surface area contributed by atoms with E-state index in [0.29, 0.717) is 47.6 Å². The Kier molecular flexibility index (Phi) is 8.31. The third-order valence-corrected chi connectivity index (χ3v) is 7.53. The number of halogens is 3. The molecule has 2 heterocycles. The lowest BCUT2D eigenvalue weighted by Crippen LogP contribution is -2.71. The molecule has 1 aromatic heterocycles. The van der Waals surface area contributed by atoms with E-state index in [1.807, 2.05) is 0 Å². The summed E-state index contributed by atoms with van der Waals surface area (Å²) < 4.78 is 47.1. The number of imide groups is 1. The molecule has 39 heavy (non-hydrogen) atoms. The number of nitrogens with one attached hydrogen (secondary N) is 1. The predicted molar refractivity (Wildman–Crippen MR) is 138 cm³/mol. The molecule has 1 saturated carbocycles. The summed E-state index contributed by atoms with van der Waals surface area (Å²) in [5.74, 6) is -2.31. The molecule has 12 heteroatoms. The largest absolute Gasteiger partial charge is 0.497 e. The zero-order chi connectivity index (χ0) is 28.3. The van der Waals surface area contributed by atoms with E-state index in [1.165, 1.54) is 25.3 Å². The Hall–Kier alpha value is -3.83. The first kappa shape index (κ1) is 28.2. The van der Waals surface area contributed by atoms with Gasteiger partial charge in [0.15, 0.2) is 0 Å². The van der Waals surface area contributed by atoms with Crippen molar-refractivity contribution in [2.24, 2.45) is 11.8 Å². The molecule has 4 amide bonds. The van der Waals surface area contributed by atoms with E-state index < -0.39 is 47.9 Å². The van der Waals surface area contributed by atoms with E-state index in [2.05, 4.69) is 10.3 Å². The molecular formula is C27H32F3N5O4. The third kappa shape index (κ3) is 6.10. The number of anilines is 2. The number of alkyl halides is 3. The molecule has 1 aliphatic heterocycles. The van der Waals surface area contributed by atoms with Crippen molar-refractivity contribution in [1.82, 2.24) is 15.2 Å². The molecule has 210 valence electrons. The second-order valence-corrected chi connectivity index (χ2v) is 10.0. The monoisotopic (exact) mass is 547 g/mol. The van der Waals surface area contributed by atoms with Crippen LogP contribution >= 0.6 is 0 Å². The number of likely N-dealkylation sites (tertiary alicyclic amines) is 1. The highest BCUT2D eigenvalue weighted by atomic mass is 19.4. The SMILES string of the molecule is COc1ccc(N(C)C(=O)[C@@H]2C(Cc3ccnc(N)c3)C(=O)N2C(=O)N[C@@H](C2CCCCC2)C(F)(F)F)cc1. The average Bonchev–Trinajstić information content (AvgIpc) is 2.92. The van der Waals surface area contributed by atoms with Gasteiger partial charge in [-0.1, -0.05) is 19.3 Å². The highest BCUT2D eigenvalue weighted by molar-refractivity contribution is 6.12. The molecule has 0 radical (unpaired) electrons. The van der Waals surface area contributed by atoms with Gasteiger partial charge >= 0.3 is 12.2 Å². The zero-order valence-electron chi connectivity index (χ0n) is 21.8. The Morgan fingerprint density at radius 3 is 2.44 bits per heavy atom. The molecule has 4 rings (SSSR count).